The molecule has 0 unspecified atom stereocenters. The second kappa shape index (κ2) is 9.55. The van der Waals surface area contributed by atoms with Gasteiger partial charge >= 0.3 is 0 Å². The second-order valence-electron chi connectivity index (χ2n) is 8.97. The third-order valence-corrected chi connectivity index (χ3v) is 6.81. The molecular weight excluding hydrogens is 482 g/mol. The van der Waals surface area contributed by atoms with Crippen LogP contribution in [-0.4, -0.2) is 42.7 Å². The van der Waals surface area contributed by atoms with E-state index in [2.05, 4.69) is 10.3 Å². The Morgan fingerprint density at radius 3 is 2.58 bits per heavy atom. The monoisotopic (exact) mass is 507 g/mol. The first kappa shape index (κ1) is 23.5. The van der Waals surface area contributed by atoms with Gasteiger partial charge in [-0.15, -0.1) is 0 Å². The number of hydrogen-bond donors (Lipinski definition) is 1. The van der Waals surface area contributed by atoms with Gasteiger partial charge in [-0.25, -0.2) is 0 Å². The van der Waals surface area contributed by atoms with E-state index in [0.717, 1.165) is 33.8 Å². The van der Waals surface area contributed by atoms with E-state index in [1.165, 1.54) is 14.2 Å². The summed E-state index contributed by atoms with van der Waals surface area (Å²) >= 11 is 0. The minimum Gasteiger partial charge on any atom is -0.493 e. The zero-order valence-electron chi connectivity index (χ0n) is 21.0. The van der Waals surface area contributed by atoms with Crippen LogP contribution in [0.25, 0.3) is 38.1 Å². The zero-order chi connectivity index (χ0) is 26.2. The lowest BCUT2D eigenvalue weighted by molar-refractivity contribution is -0.123. The Labute approximate surface area is 217 Å². The minimum atomic E-state index is -0.220. The van der Waals surface area contributed by atoms with Crippen LogP contribution in [0, 0.1) is 0 Å². The Hall–Kier alpha value is -4.85. The SMILES string of the molecule is COc1ccc2c(c1OC)c(=O)n1c3ccc(OCC(=O)NCCc4ccccc4)cc3c3ccnc2c31. The van der Waals surface area contributed by atoms with Gasteiger partial charge in [-0.2, -0.15) is 0 Å². The smallest absolute Gasteiger partial charge is 0.267 e. The highest BCUT2D eigenvalue weighted by Crippen LogP contribution is 2.39. The molecule has 0 spiro atoms. The van der Waals surface area contributed by atoms with Crippen LogP contribution >= 0.6 is 0 Å². The van der Waals surface area contributed by atoms with Crippen molar-refractivity contribution in [1.29, 1.82) is 0 Å². The first-order valence-electron chi connectivity index (χ1n) is 12.3. The number of rotatable bonds is 8. The molecule has 0 aliphatic heterocycles. The first-order chi connectivity index (χ1) is 18.6. The van der Waals surface area contributed by atoms with Crippen LogP contribution in [0.2, 0.25) is 0 Å². The lowest BCUT2D eigenvalue weighted by atomic mass is 10.1. The summed E-state index contributed by atoms with van der Waals surface area (Å²) in [7, 11) is 3.06. The largest absolute Gasteiger partial charge is 0.493 e. The van der Waals surface area contributed by atoms with Crippen molar-refractivity contribution in [1.82, 2.24) is 14.7 Å². The van der Waals surface area contributed by atoms with Gasteiger partial charge < -0.3 is 19.5 Å². The molecule has 3 aromatic heterocycles. The van der Waals surface area contributed by atoms with Crippen LogP contribution in [0.4, 0.5) is 0 Å². The Morgan fingerprint density at radius 1 is 0.947 bits per heavy atom. The molecule has 0 bridgehead atoms. The highest BCUT2D eigenvalue weighted by molar-refractivity contribution is 6.19. The Morgan fingerprint density at radius 2 is 1.79 bits per heavy atom. The van der Waals surface area contributed by atoms with Crippen LogP contribution in [0.1, 0.15) is 5.56 Å². The average molecular weight is 508 g/mol. The minimum absolute atomic E-state index is 0.104. The number of aromatic nitrogens is 2. The van der Waals surface area contributed by atoms with Crippen molar-refractivity contribution in [2.24, 2.45) is 0 Å². The molecule has 0 atom stereocenters. The number of nitrogens with zero attached hydrogens (tertiary/aromatic N) is 2. The summed E-state index contributed by atoms with van der Waals surface area (Å²) in [6, 6.07) is 20.9. The standard InChI is InChI=1S/C30H25N3O5/c1-36-24-11-9-21-26(29(24)37-2)30(35)33-23-10-8-19(16-22(23)20-13-15-32-27(21)28(20)33)38-17-25(34)31-14-12-18-6-4-3-5-7-18/h3-11,13,15-16H,12,14,17H2,1-2H3,(H,31,34). The quantitative estimate of drug-likeness (QED) is 0.308. The van der Waals surface area contributed by atoms with E-state index in [9.17, 15) is 9.59 Å². The van der Waals surface area contributed by atoms with E-state index in [4.69, 9.17) is 14.2 Å². The number of carbonyl (C=O) groups is 1. The number of nitrogens with one attached hydrogen (secondary N) is 1. The van der Waals surface area contributed by atoms with E-state index in [1.54, 1.807) is 22.7 Å². The normalized spacial score (nSPS) is 11.4. The highest BCUT2D eigenvalue weighted by Gasteiger charge is 2.22. The molecule has 6 rings (SSSR count). The van der Waals surface area contributed by atoms with Gasteiger partial charge in [0.15, 0.2) is 18.1 Å². The van der Waals surface area contributed by atoms with E-state index in [0.29, 0.717) is 40.1 Å². The Bertz CT molecular complexity index is 1860. The Balaban J connectivity index is 1.35. The van der Waals surface area contributed by atoms with Gasteiger partial charge in [0.05, 0.1) is 36.2 Å². The van der Waals surface area contributed by atoms with Crippen LogP contribution in [0.5, 0.6) is 17.2 Å². The summed E-state index contributed by atoms with van der Waals surface area (Å²) in [5.41, 5.74) is 3.07. The number of amides is 1. The molecule has 6 aromatic rings. The van der Waals surface area contributed by atoms with Crippen LogP contribution in [0.3, 0.4) is 0 Å². The van der Waals surface area contributed by atoms with Crippen LogP contribution < -0.4 is 25.1 Å². The van der Waals surface area contributed by atoms with Crippen molar-refractivity contribution < 1.29 is 19.0 Å². The van der Waals surface area contributed by atoms with Crippen molar-refractivity contribution >= 4 is 44.0 Å². The summed E-state index contributed by atoms with van der Waals surface area (Å²) in [6.07, 6.45) is 2.48. The molecular formula is C30H25N3O5. The molecule has 190 valence electrons. The van der Waals surface area contributed by atoms with E-state index in [-0.39, 0.29) is 18.1 Å². The van der Waals surface area contributed by atoms with Crippen molar-refractivity contribution in [3.05, 3.63) is 88.8 Å². The van der Waals surface area contributed by atoms with E-state index < -0.39 is 0 Å². The molecule has 3 heterocycles. The first-order valence-corrected chi connectivity index (χ1v) is 12.3. The van der Waals surface area contributed by atoms with Crippen molar-refractivity contribution in [3.8, 4) is 17.2 Å². The maximum absolute atomic E-state index is 13.8. The zero-order valence-corrected chi connectivity index (χ0v) is 21.0. The molecule has 1 N–H and O–H groups in total. The van der Waals surface area contributed by atoms with Gasteiger partial charge in [0.1, 0.15) is 5.75 Å². The summed E-state index contributed by atoms with van der Waals surface area (Å²) < 4.78 is 18.5. The van der Waals surface area contributed by atoms with Crippen molar-refractivity contribution in [2.45, 2.75) is 6.42 Å². The predicted octanol–water partition coefficient (Wildman–Crippen LogP) is 4.35. The number of pyridine rings is 2. The second-order valence-corrected chi connectivity index (χ2v) is 8.97. The fourth-order valence-electron chi connectivity index (χ4n) is 5.08. The molecule has 0 radical (unpaired) electrons. The summed E-state index contributed by atoms with van der Waals surface area (Å²) in [4.78, 5) is 30.8. The molecule has 8 nitrogen and oxygen atoms in total. The number of benzene rings is 3. The fourth-order valence-corrected chi connectivity index (χ4v) is 5.08. The molecule has 0 aliphatic carbocycles. The molecule has 0 saturated carbocycles. The number of ether oxygens (including phenoxy) is 3. The molecule has 0 saturated heterocycles. The number of methoxy groups -OCH3 is 2. The fraction of sp³-hybridized carbons (Fsp3) is 0.167. The van der Waals surface area contributed by atoms with Crippen molar-refractivity contribution in [3.63, 3.8) is 0 Å². The van der Waals surface area contributed by atoms with E-state index in [1.807, 2.05) is 54.6 Å². The Kier molecular flexibility index (Phi) is 5.92. The maximum atomic E-state index is 13.8. The third-order valence-electron chi connectivity index (χ3n) is 6.81. The lowest BCUT2D eigenvalue weighted by Gasteiger charge is -2.12. The van der Waals surface area contributed by atoms with Gasteiger partial charge in [0.25, 0.3) is 11.5 Å². The molecule has 38 heavy (non-hydrogen) atoms. The molecule has 0 aliphatic rings. The van der Waals surface area contributed by atoms with Gasteiger partial charge in [-0.1, -0.05) is 30.3 Å². The average Bonchev–Trinajstić information content (AvgIpc) is 3.29. The third kappa shape index (κ3) is 3.82. The number of carbonyl (C=O) groups excluding carboxylic acids is 1. The highest BCUT2D eigenvalue weighted by atomic mass is 16.5. The summed E-state index contributed by atoms with van der Waals surface area (Å²) in [5.74, 6) is 1.19. The van der Waals surface area contributed by atoms with Crippen LogP contribution in [-0.2, 0) is 11.2 Å². The molecule has 8 heteroatoms. The molecule has 3 aromatic carbocycles. The van der Waals surface area contributed by atoms with Gasteiger partial charge in [-0.05, 0) is 48.4 Å². The predicted molar refractivity (Wildman–Crippen MR) is 147 cm³/mol. The van der Waals surface area contributed by atoms with Crippen LogP contribution in [0.15, 0.2) is 77.7 Å². The number of fused-ring (bicyclic) bond motifs is 5. The maximum Gasteiger partial charge on any atom is 0.267 e. The molecule has 0 fully saturated rings. The topological polar surface area (TPSA) is 91.2 Å². The summed E-state index contributed by atoms with van der Waals surface area (Å²) in [5, 5.41) is 5.69. The summed E-state index contributed by atoms with van der Waals surface area (Å²) in [6.45, 7) is 0.429. The molecule has 1 amide bonds. The van der Waals surface area contributed by atoms with Crippen molar-refractivity contribution in [2.75, 3.05) is 27.4 Å². The van der Waals surface area contributed by atoms with Gasteiger partial charge in [-0.3, -0.25) is 19.0 Å². The number of hydrogen-bond acceptors (Lipinski definition) is 6. The van der Waals surface area contributed by atoms with Gasteiger partial charge in [0, 0.05) is 28.9 Å². The lowest BCUT2D eigenvalue weighted by Crippen LogP contribution is -2.30. The van der Waals surface area contributed by atoms with Gasteiger partial charge in [0.2, 0.25) is 0 Å². The van der Waals surface area contributed by atoms with E-state index >= 15 is 0 Å².